The van der Waals surface area contributed by atoms with Gasteiger partial charge in [-0.2, -0.15) is 0 Å². The molecule has 1 saturated heterocycles. The third kappa shape index (κ3) is 5.40. The number of Topliss-reactive ketones (excluding diaryl/α,β-unsaturated/α-hetero) is 1. The zero-order chi connectivity index (χ0) is 29.7. The molecule has 0 N–H and O–H groups in total. The van der Waals surface area contributed by atoms with Gasteiger partial charge < -0.3 is 4.74 Å². The molecule has 2 fully saturated rings. The molecule has 214 valence electrons. The molecule has 1 aliphatic heterocycles. The van der Waals surface area contributed by atoms with E-state index in [1.807, 2.05) is 13.0 Å². The Balaban J connectivity index is 1.31. The molecule has 4 atom stereocenters. The van der Waals surface area contributed by atoms with Crippen molar-refractivity contribution in [1.82, 2.24) is 4.98 Å². The van der Waals surface area contributed by atoms with E-state index in [-0.39, 0.29) is 51.3 Å². The molecular weight excluding hydrogens is 752 g/mol. The van der Waals surface area contributed by atoms with Crippen LogP contribution in [0.2, 0.25) is 0 Å². The van der Waals surface area contributed by atoms with Crippen molar-refractivity contribution in [1.29, 1.82) is 0 Å². The Kier molecular flexibility index (Phi) is 8.21. The Morgan fingerprint density at radius 3 is 2.29 bits per heavy atom. The molecule has 6 rings (SSSR count). The van der Waals surface area contributed by atoms with Gasteiger partial charge in [0.25, 0.3) is 0 Å². The summed E-state index contributed by atoms with van der Waals surface area (Å²) in [6.45, 7) is 1.53. The standard InChI is InChI=1S/C31H23Br3N2O5S/c1-15-9-17(32)10-19-22(31(40)41-14-26(37)27-3-2-8-42-27)13-25(35-28(15)19)16-4-6-18(7-5-16)36-29(38)20-11-23(33)24(34)12-21(20)30(36)39/h2-10,13,20-21,23-24H,11-12,14H2,1H3. The van der Waals surface area contributed by atoms with Crippen molar-refractivity contribution in [3.05, 3.63) is 80.5 Å². The highest BCUT2D eigenvalue weighted by Gasteiger charge is 2.52. The molecule has 0 bridgehead atoms. The number of imide groups is 1. The average Bonchev–Trinajstić information content (AvgIpc) is 3.59. The molecule has 7 nitrogen and oxygen atoms in total. The van der Waals surface area contributed by atoms with Gasteiger partial charge in [0.05, 0.1) is 39.2 Å². The average molecular weight is 775 g/mol. The molecule has 2 aliphatic rings. The number of benzene rings is 2. The highest BCUT2D eigenvalue weighted by atomic mass is 79.9. The summed E-state index contributed by atoms with van der Waals surface area (Å²) in [5, 5.41) is 2.39. The van der Waals surface area contributed by atoms with E-state index in [9.17, 15) is 19.2 Å². The minimum absolute atomic E-state index is 0.135. The molecule has 11 heteroatoms. The number of aryl methyl sites for hydroxylation is 1. The van der Waals surface area contributed by atoms with E-state index >= 15 is 0 Å². The lowest BCUT2D eigenvalue weighted by molar-refractivity contribution is -0.122. The topological polar surface area (TPSA) is 93.6 Å². The smallest absolute Gasteiger partial charge is 0.339 e. The van der Waals surface area contributed by atoms with Crippen LogP contribution in [0.4, 0.5) is 5.69 Å². The monoisotopic (exact) mass is 772 g/mol. The summed E-state index contributed by atoms with van der Waals surface area (Å²) in [4.78, 5) is 59.2. The second-order valence-electron chi connectivity index (χ2n) is 10.4. The van der Waals surface area contributed by atoms with Gasteiger partial charge in [-0.25, -0.2) is 9.78 Å². The molecule has 2 amide bonds. The maximum absolute atomic E-state index is 13.3. The molecule has 42 heavy (non-hydrogen) atoms. The van der Waals surface area contributed by atoms with Crippen molar-refractivity contribution in [3.8, 4) is 11.3 Å². The number of esters is 1. The number of thiophene rings is 1. The number of ether oxygens (including phenoxy) is 1. The van der Waals surface area contributed by atoms with E-state index < -0.39 is 5.97 Å². The summed E-state index contributed by atoms with van der Waals surface area (Å²) in [7, 11) is 0. The lowest BCUT2D eigenvalue weighted by Gasteiger charge is -2.29. The number of hydrogen-bond donors (Lipinski definition) is 0. The summed E-state index contributed by atoms with van der Waals surface area (Å²) in [6.07, 6.45) is 1.21. The van der Waals surface area contributed by atoms with Crippen molar-refractivity contribution in [2.75, 3.05) is 11.5 Å². The first-order valence-corrected chi connectivity index (χ1v) is 16.7. The van der Waals surface area contributed by atoms with Crippen LogP contribution >= 0.6 is 59.1 Å². The lowest BCUT2D eigenvalue weighted by Crippen LogP contribution is -2.34. The highest BCUT2D eigenvalue weighted by Crippen LogP contribution is 2.44. The van der Waals surface area contributed by atoms with Gasteiger partial charge in [0.15, 0.2) is 6.61 Å². The number of alkyl halides is 2. The SMILES string of the molecule is Cc1cc(Br)cc2c(C(=O)OCC(=O)c3cccs3)cc(-c3ccc(N4C(=O)C5CC(Br)C(Br)CC5C4=O)cc3)nc12. The van der Waals surface area contributed by atoms with E-state index in [0.29, 0.717) is 45.6 Å². The predicted molar refractivity (Wildman–Crippen MR) is 173 cm³/mol. The Bertz CT molecular complexity index is 1710. The van der Waals surface area contributed by atoms with Crippen LogP contribution in [-0.4, -0.2) is 44.8 Å². The highest BCUT2D eigenvalue weighted by molar-refractivity contribution is 9.12. The zero-order valence-corrected chi connectivity index (χ0v) is 27.8. The van der Waals surface area contributed by atoms with Crippen LogP contribution in [0.15, 0.2) is 64.5 Å². The fourth-order valence-electron chi connectivity index (χ4n) is 5.62. The normalized spacial score (nSPS) is 22.0. The molecule has 4 aromatic rings. The number of nitrogens with zero attached hydrogens (tertiary/aromatic N) is 2. The van der Waals surface area contributed by atoms with Crippen LogP contribution in [0.5, 0.6) is 0 Å². The quantitative estimate of drug-likeness (QED) is 0.0873. The van der Waals surface area contributed by atoms with Crippen molar-refractivity contribution in [3.63, 3.8) is 0 Å². The first kappa shape index (κ1) is 29.3. The van der Waals surface area contributed by atoms with Crippen molar-refractivity contribution in [2.24, 2.45) is 11.8 Å². The maximum Gasteiger partial charge on any atom is 0.339 e. The first-order chi connectivity index (χ1) is 20.1. The number of ketones is 1. The summed E-state index contributed by atoms with van der Waals surface area (Å²) < 4.78 is 6.24. The summed E-state index contributed by atoms with van der Waals surface area (Å²) >= 11 is 12.1. The Labute approximate surface area is 271 Å². The van der Waals surface area contributed by atoms with Crippen LogP contribution in [0.1, 0.15) is 38.4 Å². The van der Waals surface area contributed by atoms with Gasteiger partial charge >= 0.3 is 5.97 Å². The Morgan fingerprint density at radius 2 is 1.67 bits per heavy atom. The fourth-order valence-corrected chi connectivity index (χ4v) is 8.08. The molecule has 1 saturated carbocycles. The van der Waals surface area contributed by atoms with Crippen molar-refractivity contribution in [2.45, 2.75) is 29.4 Å². The maximum atomic E-state index is 13.3. The van der Waals surface area contributed by atoms with Crippen LogP contribution in [0.25, 0.3) is 22.2 Å². The number of fused-ring (bicyclic) bond motifs is 2. The third-order valence-corrected chi connectivity index (χ3v) is 11.9. The molecule has 2 aromatic heterocycles. The molecule has 1 aliphatic carbocycles. The largest absolute Gasteiger partial charge is 0.454 e. The van der Waals surface area contributed by atoms with Crippen molar-refractivity contribution < 1.29 is 23.9 Å². The van der Waals surface area contributed by atoms with Crippen LogP contribution in [0.3, 0.4) is 0 Å². The second kappa shape index (κ2) is 11.7. The molecule has 2 aromatic carbocycles. The van der Waals surface area contributed by atoms with Gasteiger partial charge in [0.1, 0.15) is 0 Å². The summed E-state index contributed by atoms with van der Waals surface area (Å²) in [5.74, 6) is -1.91. The van der Waals surface area contributed by atoms with Gasteiger partial charge in [-0.15, -0.1) is 11.3 Å². The van der Waals surface area contributed by atoms with E-state index in [2.05, 4.69) is 47.8 Å². The van der Waals surface area contributed by atoms with Crippen LogP contribution < -0.4 is 4.90 Å². The van der Waals surface area contributed by atoms with E-state index in [1.165, 1.54) is 16.2 Å². The molecule has 0 spiro atoms. The number of hydrogen-bond acceptors (Lipinski definition) is 7. The van der Waals surface area contributed by atoms with Gasteiger partial charge in [0.2, 0.25) is 17.6 Å². The van der Waals surface area contributed by atoms with Gasteiger partial charge in [-0.1, -0.05) is 66.0 Å². The molecule has 4 unspecified atom stereocenters. The summed E-state index contributed by atoms with van der Waals surface area (Å²) in [5.41, 5.74) is 3.49. The van der Waals surface area contributed by atoms with Crippen LogP contribution in [0, 0.1) is 18.8 Å². The van der Waals surface area contributed by atoms with Crippen molar-refractivity contribution >= 4 is 99.3 Å². The first-order valence-electron chi connectivity index (χ1n) is 13.2. The number of aromatic nitrogens is 1. The number of halogens is 3. The molecule has 3 heterocycles. The molecular formula is C31H23Br3N2O5S. The van der Waals surface area contributed by atoms with Gasteiger partial charge in [-0.3, -0.25) is 19.3 Å². The summed E-state index contributed by atoms with van der Waals surface area (Å²) in [6, 6.07) is 15.9. The fraction of sp³-hybridized carbons (Fsp3) is 0.258. The third-order valence-electron chi connectivity index (χ3n) is 7.75. The number of anilines is 1. The number of rotatable bonds is 6. The second-order valence-corrected chi connectivity index (χ2v) is 14.6. The lowest BCUT2D eigenvalue weighted by atomic mass is 9.81. The number of carbonyl (C=O) groups is 4. The van der Waals surface area contributed by atoms with E-state index in [4.69, 9.17) is 9.72 Å². The predicted octanol–water partition coefficient (Wildman–Crippen LogP) is 7.50. The van der Waals surface area contributed by atoms with Gasteiger partial charge in [-0.05, 0) is 67.1 Å². The minimum atomic E-state index is -0.631. The Morgan fingerprint density at radius 1 is 1.00 bits per heavy atom. The zero-order valence-electron chi connectivity index (χ0n) is 22.2. The van der Waals surface area contributed by atoms with E-state index in [0.717, 1.165) is 10.0 Å². The van der Waals surface area contributed by atoms with E-state index in [1.54, 1.807) is 53.9 Å². The van der Waals surface area contributed by atoms with Crippen LogP contribution in [-0.2, 0) is 14.3 Å². The number of carbonyl (C=O) groups excluding carboxylic acids is 4. The van der Waals surface area contributed by atoms with Gasteiger partial charge in [0, 0.05) is 25.1 Å². The minimum Gasteiger partial charge on any atom is -0.454 e. The molecule has 0 radical (unpaired) electrons. The number of pyridine rings is 1. The number of amides is 2. The Hall–Kier alpha value is -2.73.